The minimum Gasteiger partial charge on any atom is -0.286 e. The Hall–Kier alpha value is -0.970. The molecule has 2 N–H and O–H groups in total. The third kappa shape index (κ3) is 5.77. The van der Waals surface area contributed by atoms with Crippen LogP contribution in [0, 0.1) is 0 Å². The van der Waals surface area contributed by atoms with E-state index < -0.39 is 10.1 Å². The van der Waals surface area contributed by atoms with Crippen LogP contribution >= 0.6 is 12.0 Å². The number of nitrogens with zero attached hydrogens (tertiary/aromatic N) is 1. The molecule has 1 heterocycles. The molecule has 7 nitrogen and oxygen atoms in total. The van der Waals surface area contributed by atoms with Crippen LogP contribution in [0.2, 0.25) is 0 Å². The first-order valence-electron chi connectivity index (χ1n) is 9.59. The van der Waals surface area contributed by atoms with Crippen molar-refractivity contribution in [2.75, 3.05) is 12.3 Å². The molecular formula is C19H30NO6S2+. The molecule has 1 aliphatic heterocycles. The zero-order valence-corrected chi connectivity index (χ0v) is 18.3. The monoisotopic (exact) mass is 432 g/mol. The van der Waals surface area contributed by atoms with Gasteiger partial charge in [0.25, 0.3) is 10.1 Å². The Morgan fingerprint density at radius 1 is 1.21 bits per heavy atom. The molecular weight excluding hydrogens is 402 g/mol. The first-order valence-corrected chi connectivity index (χ1v) is 11.9. The predicted molar refractivity (Wildman–Crippen MR) is 110 cm³/mol. The number of rotatable bonds is 12. The van der Waals surface area contributed by atoms with E-state index in [9.17, 15) is 8.42 Å². The van der Waals surface area contributed by atoms with Crippen molar-refractivity contribution in [2.24, 2.45) is 0 Å². The molecule has 2 rings (SSSR count). The first-order chi connectivity index (χ1) is 13.2. The molecule has 0 bridgehead atoms. The smallest absolute Gasteiger partial charge is 0.264 e. The third-order valence-corrected chi connectivity index (χ3v) is 6.91. The van der Waals surface area contributed by atoms with E-state index in [1.54, 1.807) is 0 Å². The van der Waals surface area contributed by atoms with E-state index in [0.29, 0.717) is 12.8 Å². The Morgan fingerprint density at radius 3 is 2.61 bits per heavy atom. The Balaban J connectivity index is 2.31. The summed E-state index contributed by atoms with van der Waals surface area (Å²) < 4.78 is 38.3. The summed E-state index contributed by atoms with van der Waals surface area (Å²) >= 11 is 0.906. The van der Waals surface area contributed by atoms with Crippen LogP contribution in [0.25, 0.3) is 0 Å². The van der Waals surface area contributed by atoms with E-state index >= 15 is 0 Å². The quantitative estimate of drug-likeness (QED) is 0.123. The molecule has 1 atom stereocenters. The summed E-state index contributed by atoms with van der Waals surface area (Å²) in [5.41, 5.74) is 3.03. The van der Waals surface area contributed by atoms with Crippen molar-refractivity contribution in [2.45, 2.75) is 69.6 Å². The molecule has 0 fully saturated rings. The third-order valence-electron chi connectivity index (χ3n) is 5.53. The van der Waals surface area contributed by atoms with Gasteiger partial charge in [0.15, 0.2) is 5.71 Å². The largest absolute Gasteiger partial charge is 0.286 e. The van der Waals surface area contributed by atoms with Gasteiger partial charge < -0.3 is 0 Å². The lowest BCUT2D eigenvalue weighted by atomic mass is 9.76. The molecule has 0 saturated heterocycles. The molecule has 0 aromatic heterocycles. The van der Waals surface area contributed by atoms with E-state index in [0.717, 1.165) is 41.2 Å². The summed E-state index contributed by atoms with van der Waals surface area (Å²) in [5.74, 6) is -0.252. The van der Waals surface area contributed by atoms with Crippen molar-refractivity contribution >= 4 is 33.6 Å². The second kappa shape index (κ2) is 10.2. The summed E-state index contributed by atoms with van der Waals surface area (Å²) in [6.45, 7) is 7.30. The maximum absolute atomic E-state index is 11.2. The maximum atomic E-state index is 11.2. The Morgan fingerprint density at radius 2 is 1.96 bits per heavy atom. The van der Waals surface area contributed by atoms with Crippen LogP contribution in [0.5, 0.6) is 0 Å². The molecule has 1 unspecified atom stereocenters. The summed E-state index contributed by atoms with van der Waals surface area (Å²) in [7, 11) is -3.98. The maximum Gasteiger partial charge on any atom is 0.264 e. The molecule has 158 valence electrons. The van der Waals surface area contributed by atoms with Crippen LogP contribution < -0.4 is 0 Å². The molecule has 1 aromatic carbocycles. The van der Waals surface area contributed by atoms with Crippen molar-refractivity contribution < 1.29 is 32.2 Å². The molecule has 0 aliphatic carbocycles. The lowest BCUT2D eigenvalue weighted by Crippen LogP contribution is -2.31. The second-order valence-corrected chi connectivity index (χ2v) is 9.77. The topological polar surface area (TPSA) is 96.1 Å². The van der Waals surface area contributed by atoms with Gasteiger partial charge in [-0.25, -0.2) is 5.26 Å². The molecule has 0 saturated carbocycles. The van der Waals surface area contributed by atoms with Gasteiger partial charge in [0, 0.05) is 29.9 Å². The average Bonchev–Trinajstić information content (AvgIpc) is 2.84. The molecule has 1 aliphatic rings. The number of fused-ring (bicyclic) bond motifs is 1. The number of unbranched alkanes of at least 4 members (excludes halogenated alkanes) is 3. The van der Waals surface area contributed by atoms with Crippen molar-refractivity contribution in [1.82, 2.24) is 0 Å². The van der Waals surface area contributed by atoms with Gasteiger partial charge in [-0.2, -0.15) is 13.0 Å². The Bertz CT molecular complexity index is 809. The minimum absolute atomic E-state index is 0.252. The second-order valence-electron chi connectivity index (χ2n) is 7.42. The SMILES string of the molecule is CCCCCC[N+]1=C(C)C(C)(CCCS(=O)(=O)O)c2cc(SOOO)ccc21. The van der Waals surface area contributed by atoms with Crippen molar-refractivity contribution in [3.8, 4) is 0 Å². The van der Waals surface area contributed by atoms with Crippen LogP contribution in [0.1, 0.15) is 64.9 Å². The number of hydrogen-bond donors (Lipinski definition) is 2. The lowest BCUT2D eigenvalue weighted by Gasteiger charge is -2.22. The van der Waals surface area contributed by atoms with Crippen molar-refractivity contribution in [1.29, 1.82) is 0 Å². The Kier molecular flexibility index (Phi) is 8.47. The normalized spacial score (nSPS) is 19.3. The summed E-state index contributed by atoms with van der Waals surface area (Å²) in [6.07, 6.45) is 5.61. The molecule has 1 aromatic rings. The van der Waals surface area contributed by atoms with Gasteiger partial charge in [-0.05, 0) is 38.3 Å². The summed E-state index contributed by atoms with van der Waals surface area (Å²) in [5, 5.41) is 12.1. The first kappa shape index (κ1) is 23.3. The molecule has 28 heavy (non-hydrogen) atoms. The van der Waals surface area contributed by atoms with Gasteiger partial charge >= 0.3 is 0 Å². The highest BCUT2D eigenvalue weighted by Crippen LogP contribution is 2.44. The fraction of sp³-hybridized carbons (Fsp3) is 0.632. The zero-order chi connectivity index (χ0) is 20.8. The number of hydrogen-bond acceptors (Lipinski definition) is 6. The van der Waals surface area contributed by atoms with Gasteiger partial charge in [0.1, 0.15) is 6.54 Å². The van der Waals surface area contributed by atoms with Crippen molar-refractivity contribution in [3.63, 3.8) is 0 Å². The van der Waals surface area contributed by atoms with E-state index in [1.807, 2.05) is 18.2 Å². The van der Waals surface area contributed by atoms with Crippen LogP contribution in [0.3, 0.4) is 0 Å². The highest BCUT2D eigenvalue weighted by Gasteiger charge is 2.46. The van der Waals surface area contributed by atoms with Gasteiger partial charge in [-0.3, -0.25) is 4.55 Å². The van der Waals surface area contributed by atoms with Crippen LogP contribution in [-0.2, 0) is 24.9 Å². The van der Waals surface area contributed by atoms with Crippen LogP contribution in [-0.4, -0.2) is 40.8 Å². The summed E-state index contributed by atoms with van der Waals surface area (Å²) in [6, 6.07) is 5.91. The predicted octanol–water partition coefficient (Wildman–Crippen LogP) is 4.74. The Labute approximate surface area is 171 Å². The minimum atomic E-state index is -3.98. The van der Waals surface area contributed by atoms with E-state index in [4.69, 9.17) is 9.81 Å². The van der Waals surface area contributed by atoms with Gasteiger partial charge in [0.05, 0.1) is 23.2 Å². The van der Waals surface area contributed by atoms with Gasteiger partial charge in [-0.1, -0.05) is 24.8 Å². The lowest BCUT2D eigenvalue weighted by molar-refractivity contribution is -0.439. The zero-order valence-electron chi connectivity index (χ0n) is 16.7. The fourth-order valence-electron chi connectivity index (χ4n) is 3.88. The van der Waals surface area contributed by atoms with E-state index in [1.165, 1.54) is 25.0 Å². The summed E-state index contributed by atoms with van der Waals surface area (Å²) in [4.78, 5) is 0.773. The molecule has 0 radical (unpaired) electrons. The van der Waals surface area contributed by atoms with Crippen LogP contribution in [0.4, 0.5) is 5.69 Å². The van der Waals surface area contributed by atoms with Gasteiger partial charge in [0.2, 0.25) is 5.69 Å². The van der Waals surface area contributed by atoms with Gasteiger partial charge in [-0.15, -0.1) is 4.33 Å². The molecule has 9 heteroatoms. The molecule has 0 amide bonds. The highest BCUT2D eigenvalue weighted by atomic mass is 32.2. The van der Waals surface area contributed by atoms with Crippen LogP contribution in [0.15, 0.2) is 23.1 Å². The van der Waals surface area contributed by atoms with E-state index in [-0.39, 0.29) is 11.2 Å². The standard InChI is InChI=1S/C19H29NO6S2/c1-4-5-6-7-12-20-15(2)19(3,11-8-13-28(22,23)24)17-14-16(27-26-25-21)9-10-18(17)20/h9-10,14H,4-8,11-13H2,1-3H3,(H-,21,22,23,24)/p+1. The van der Waals surface area contributed by atoms with E-state index in [2.05, 4.69) is 34.7 Å². The molecule has 0 spiro atoms. The fourth-order valence-corrected chi connectivity index (χ4v) is 4.79. The van der Waals surface area contributed by atoms with Crippen molar-refractivity contribution in [3.05, 3.63) is 23.8 Å². The number of benzene rings is 1. The highest BCUT2D eigenvalue weighted by molar-refractivity contribution is 7.94. The average molecular weight is 433 g/mol.